The second-order valence-corrected chi connectivity index (χ2v) is 5.85. The van der Waals surface area contributed by atoms with Gasteiger partial charge in [0.15, 0.2) is 0 Å². The van der Waals surface area contributed by atoms with Gasteiger partial charge in [0.1, 0.15) is 5.82 Å². The first kappa shape index (κ1) is 13.9. The minimum absolute atomic E-state index is 0.459. The van der Waals surface area contributed by atoms with Crippen molar-refractivity contribution in [1.82, 2.24) is 25.5 Å². The molecule has 2 saturated heterocycles. The molecular weight excluding hydrogens is 250 g/mol. The van der Waals surface area contributed by atoms with E-state index in [2.05, 4.69) is 26.6 Å². The first-order valence-electron chi connectivity index (χ1n) is 7.79. The number of nitrogens with zero attached hydrogens (tertiary/aromatic N) is 3. The maximum atomic E-state index is 4.73. The van der Waals surface area contributed by atoms with Gasteiger partial charge in [0.25, 0.3) is 0 Å². The van der Waals surface area contributed by atoms with E-state index in [9.17, 15) is 0 Å². The molecule has 2 N–H and O–H groups in total. The Morgan fingerprint density at radius 1 is 1.15 bits per heavy atom. The van der Waals surface area contributed by atoms with E-state index >= 15 is 0 Å². The van der Waals surface area contributed by atoms with Gasteiger partial charge in [-0.3, -0.25) is 4.90 Å². The van der Waals surface area contributed by atoms with Crippen LogP contribution in [0.5, 0.6) is 0 Å². The van der Waals surface area contributed by atoms with E-state index in [4.69, 9.17) is 4.98 Å². The van der Waals surface area contributed by atoms with E-state index in [0.29, 0.717) is 12.0 Å². The van der Waals surface area contributed by atoms with Crippen LogP contribution in [0.4, 0.5) is 0 Å². The highest BCUT2D eigenvalue weighted by molar-refractivity contribution is 5.10. The largest absolute Gasteiger partial charge is 0.317 e. The van der Waals surface area contributed by atoms with Crippen molar-refractivity contribution in [2.45, 2.75) is 25.8 Å². The van der Waals surface area contributed by atoms with E-state index in [1.807, 2.05) is 13.1 Å². The Kier molecular flexibility index (Phi) is 4.60. The number of piperazine rings is 1. The van der Waals surface area contributed by atoms with E-state index in [-0.39, 0.29) is 0 Å². The molecular formula is C15H25N5. The molecule has 2 aliphatic heterocycles. The zero-order chi connectivity index (χ0) is 13.8. The van der Waals surface area contributed by atoms with Gasteiger partial charge in [-0.25, -0.2) is 9.97 Å². The summed E-state index contributed by atoms with van der Waals surface area (Å²) < 4.78 is 0. The predicted octanol–water partition coefficient (Wildman–Crippen LogP) is 0.731. The summed E-state index contributed by atoms with van der Waals surface area (Å²) in [5, 5.41) is 6.92. The second-order valence-electron chi connectivity index (χ2n) is 5.85. The Hall–Kier alpha value is -1.04. The lowest BCUT2D eigenvalue weighted by Gasteiger charge is -2.40. The van der Waals surface area contributed by atoms with Crippen LogP contribution in [-0.4, -0.2) is 54.1 Å². The first-order valence-corrected chi connectivity index (χ1v) is 7.79. The number of piperidine rings is 1. The van der Waals surface area contributed by atoms with Crippen molar-refractivity contribution in [1.29, 1.82) is 0 Å². The summed E-state index contributed by atoms with van der Waals surface area (Å²) in [5.41, 5.74) is 1.21. The Morgan fingerprint density at radius 3 is 2.55 bits per heavy atom. The van der Waals surface area contributed by atoms with Crippen molar-refractivity contribution >= 4 is 0 Å². The lowest BCUT2D eigenvalue weighted by molar-refractivity contribution is 0.104. The number of hydrogen-bond donors (Lipinski definition) is 2. The standard InChI is InChI=1S/C15H25N5/c1-12-18-7-4-14(19-12)15(13-2-5-16-6-3-13)20-10-8-17-9-11-20/h4,7,13,15-17H,2-3,5-6,8-11H2,1H3. The Labute approximate surface area is 121 Å². The monoisotopic (exact) mass is 275 g/mol. The van der Waals surface area contributed by atoms with Gasteiger partial charge in [0, 0.05) is 32.4 Å². The van der Waals surface area contributed by atoms with Gasteiger partial charge < -0.3 is 10.6 Å². The van der Waals surface area contributed by atoms with Crippen LogP contribution in [-0.2, 0) is 0 Å². The molecule has 0 bridgehead atoms. The molecule has 0 radical (unpaired) electrons. The van der Waals surface area contributed by atoms with Crippen molar-refractivity contribution in [3.05, 3.63) is 23.8 Å². The average molecular weight is 275 g/mol. The highest BCUT2D eigenvalue weighted by Crippen LogP contribution is 2.33. The van der Waals surface area contributed by atoms with Gasteiger partial charge in [-0.2, -0.15) is 0 Å². The summed E-state index contributed by atoms with van der Waals surface area (Å²) in [7, 11) is 0. The quantitative estimate of drug-likeness (QED) is 0.852. The molecule has 5 heteroatoms. The molecule has 1 atom stereocenters. The Bertz CT molecular complexity index is 406. The van der Waals surface area contributed by atoms with E-state index in [1.54, 1.807) is 0 Å². The average Bonchev–Trinajstić information content (AvgIpc) is 2.50. The molecule has 3 heterocycles. The first-order chi connectivity index (χ1) is 9.84. The third-order valence-electron chi connectivity index (χ3n) is 4.48. The summed E-state index contributed by atoms with van der Waals surface area (Å²) >= 11 is 0. The van der Waals surface area contributed by atoms with Crippen molar-refractivity contribution in [3.8, 4) is 0 Å². The molecule has 0 aliphatic carbocycles. The topological polar surface area (TPSA) is 53.1 Å². The van der Waals surface area contributed by atoms with Crippen LogP contribution < -0.4 is 10.6 Å². The van der Waals surface area contributed by atoms with Crippen LogP contribution in [0.3, 0.4) is 0 Å². The lowest BCUT2D eigenvalue weighted by Crippen LogP contribution is -2.48. The zero-order valence-electron chi connectivity index (χ0n) is 12.3. The van der Waals surface area contributed by atoms with Gasteiger partial charge in [-0.05, 0) is 44.8 Å². The van der Waals surface area contributed by atoms with Gasteiger partial charge in [0.05, 0.1) is 11.7 Å². The molecule has 2 aliphatic rings. The number of rotatable bonds is 3. The maximum Gasteiger partial charge on any atom is 0.125 e. The van der Waals surface area contributed by atoms with Crippen molar-refractivity contribution in [2.75, 3.05) is 39.3 Å². The SMILES string of the molecule is Cc1nccc(C(C2CCNCC2)N2CCNCC2)n1. The van der Waals surface area contributed by atoms with E-state index < -0.39 is 0 Å². The third kappa shape index (κ3) is 3.16. The Balaban J connectivity index is 1.85. The third-order valence-corrected chi connectivity index (χ3v) is 4.48. The maximum absolute atomic E-state index is 4.73. The molecule has 2 fully saturated rings. The molecule has 110 valence electrons. The lowest BCUT2D eigenvalue weighted by atomic mass is 9.86. The van der Waals surface area contributed by atoms with Crippen LogP contribution in [0.25, 0.3) is 0 Å². The normalized spacial score (nSPS) is 23.6. The zero-order valence-corrected chi connectivity index (χ0v) is 12.3. The molecule has 0 amide bonds. The molecule has 0 saturated carbocycles. The molecule has 20 heavy (non-hydrogen) atoms. The minimum atomic E-state index is 0.459. The van der Waals surface area contributed by atoms with Crippen LogP contribution in [0, 0.1) is 12.8 Å². The predicted molar refractivity (Wildman–Crippen MR) is 79.5 cm³/mol. The molecule has 1 unspecified atom stereocenters. The molecule has 3 rings (SSSR count). The summed E-state index contributed by atoms with van der Waals surface area (Å²) in [6, 6.07) is 2.57. The van der Waals surface area contributed by atoms with Crippen LogP contribution in [0.2, 0.25) is 0 Å². The second kappa shape index (κ2) is 6.61. The summed E-state index contributed by atoms with van der Waals surface area (Å²) in [5.74, 6) is 1.60. The molecule has 0 aromatic carbocycles. The fourth-order valence-electron chi connectivity index (χ4n) is 3.49. The fourth-order valence-corrected chi connectivity index (χ4v) is 3.49. The highest BCUT2D eigenvalue weighted by Gasteiger charge is 2.31. The number of aryl methyl sites for hydroxylation is 1. The van der Waals surface area contributed by atoms with Crippen molar-refractivity contribution in [3.63, 3.8) is 0 Å². The number of nitrogens with one attached hydrogen (secondary N) is 2. The van der Waals surface area contributed by atoms with E-state index in [1.165, 1.54) is 18.5 Å². The van der Waals surface area contributed by atoms with Crippen LogP contribution in [0.15, 0.2) is 12.3 Å². The smallest absolute Gasteiger partial charge is 0.125 e. The molecule has 1 aromatic rings. The molecule has 0 spiro atoms. The number of hydrogen-bond acceptors (Lipinski definition) is 5. The van der Waals surface area contributed by atoms with Crippen LogP contribution >= 0.6 is 0 Å². The summed E-state index contributed by atoms with van der Waals surface area (Å²) in [6.45, 7) is 8.68. The summed E-state index contributed by atoms with van der Waals surface area (Å²) in [6.07, 6.45) is 4.41. The van der Waals surface area contributed by atoms with Crippen molar-refractivity contribution < 1.29 is 0 Å². The van der Waals surface area contributed by atoms with Gasteiger partial charge in [-0.1, -0.05) is 0 Å². The molecule has 1 aromatic heterocycles. The Morgan fingerprint density at radius 2 is 1.85 bits per heavy atom. The highest BCUT2D eigenvalue weighted by atomic mass is 15.2. The fraction of sp³-hybridized carbons (Fsp3) is 0.733. The van der Waals surface area contributed by atoms with Crippen LogP contribution in [0.1, 0.15) is 30.4 Å². The van der Waals surface area contributed by atoms with Gasteiger partial charge in [-0.15, -0.1) is 0 Å². The minimum Gasteiger partial charge on any atom is -0.317 e. The number of aromatic nitrogens is 2. The van der Waals surface area contributed by atoms with Gasteiger partial charge >= 0.3 is 0 Å². The van der Waals surface area contributed by atoms with Crippen molar-refractivity contribution in [2.24, 2.45) is 5.92 Å². The summed E-state index contributed by atoms with van der Waals surface area (Å²) in [4.78, 5) is 11.6. The molecule has 5 nitrogen and oxygen atoms in total. The van der Waals surface area contributed by atoms with E-state index in [0.717, 1.165) is 45.1 Å². The van der Waals surface area contributed by atoms with Gasteiger partial charge in [0.2, 0.25) is 0 Å².